The summed E-state index contributed by atoms with van der Waals surface area (Å²) in [5, 5.41) is 17.1. The van der Waals surface area contributed by atoms with E-state index in [1.54, 1.807) is 19.3 Å². The van der Waals surface area contributed by atoms with Crippen LogP contribution in [0.5, 0.6) is 17.4 Å². The summed E-state index contributed by atoms with van der Waals surface area (Å²) in [6.07, 6.45) is 6.14. The van der Waals surface area contributed by atoms with E-state index in [4.69, 9.17) is 23.2 Å². The summed E-state index contributed by atoms with van der Waals surface area (Å²) >= 11 is 0. The molecule has 2 fully saturated rings. The number of hydrogen-bond donors (Lipinski definition) is 1. The van der Waals surface area contributed by atoms with E-state index in [9.17, 15) is 5.11 Å². The normalized spacial score (nSPS) is 22.4. The molecule has 12 heteroatoms. The Labute approximate surface area is 407 Å². The molecule has 11 nitrogen and oxygen atoms in total. The van der Waals surface area contributed by atoms with Gasteiger partial charge in [0.15, 0.2) is 19.7 Å². The molecule has 2 heterocycles. The number of nitrogens with zero attached hydrogens (tertiary/aromatic N) is 3. The van der Waals surface area contributed by atoms with E-state index in [1.807, 2.05) is 72.8 Å². The molecule has 1 aromatic heterocycles. The zero-order chi connectivity index (χ0) is 48.7. The fourth-order valence-corrected chi connectivity index (χ4v) is 12.4. The molecule has 69 heavy (non-hydrogen) atoms. The summed E-state index contributed by atoms with van der Waals surface area (Å²) in [4.78, 5) is 37.1. The molecule has 360 valence electrons. The highest BCUT2D eigenvalue weighted by molar-refractivity contribution is 6.74. The van der Waals surface area contributed by atoms with E-state index in [2.05, 4.69) is 86.2 Å². The second-order valence-corrected chi connectivity index (χ2v) is 25.2. The number of aromatic nitrogens is 1. The lowest BCUT2D eigenvalue weighted by Crippen LogP contribution is -2.68. The van der Waals surface area contributed by atoms with Gasteiger partial charge in [0.25, 0.3) is 5.88 Å². The van der Waals surface area contributed by atoms with Gasteiger partial charge in [0.05, 0.1) is 18.7 Å². The maximum absolute atomic E-state index is 16.4. The number of benzene rings is 4. The molecule has 5 atom stereocenters. The number of Topliss-reactive ketones (excluding diaryl/α,β-unsaturated/α-hetero) is 2. The van der Waals surface area contributed by atoms with Crippen LogP contribution in [0.3, 0.4) is 0 Å². The Morgan fingerprint density at radius 1 is 0.884 bits per heavy atom. The maximum atomic E-state index is 16.4. The molecule has 9 rings (SSSR count). The van der Waals surface area contributed by atoms with Gasteiger partial charge in [0.2, 0.25) is 11.6 Å². The standard InChI is InChI=1S/C57H65N3O8Si/c1-9-28-59(29-10-2)49-43-32-40-31-42-47(45(65-35-38-23-16-12-17-24-38)33-41(51(42)64-6)44-27-20-30-60(44)34-37-21-14-11-15-22-37)50(61)46(40)53(62)57(43,68-69(7,8)56(3,4)5)54(63)48-52(49)67-58-55(48)66-36-39-25-18-13-19-26-39/h9-19,21-26,33,40,43-44,49,61H,1-2,20,27-32,34-36H2,3-8H3/t40-,43-,44-,49-,57-/m0/s1. The monoisotopic (exact) mass is 947 g/mol. The molecular weight excluding hydrogens is 883 g/mol. The topological polar surface area (TPSA) is 124 Å². The Balaban J connectivity index is 1.24. The zero-order valence-corrected chi connectivity index (χ0v) is 41.8. The van der Waals surface area contributed by atoms with Gasteiger partial charge in [-0.2, -0.15) is 0 Å². The molecule has 0 bridgehead atoms. The van der Waals surface area contributed by atoms with Crippen LogP contribution in [0, 0.1) is 11.8 Å². The summed E-state index contributed by atoms with van der Waals surface area (Å²) < 4.78 is 33.3. The second kappa shape index (κ2) is 19.4. The lowest BCUT2D eigenvalue weighted by molar-refractivity contribution is -0.141. The van der Waals surface area contributed by atoms with Crippen molar-refractivity contribution >= 4 is 25.6 Å². The van der Waals surface area contributed by atoms with Crippen LogP contribution in [-0.2, 0) is 35.4 Å². The number of carbonyl (C=O) groups excluding carboxylic acids is 2. The fourth-order valence-electron chi connectivity index (χ4n) is 11.0. The molecule has 1 saturated heterocycles. The van der Waals surface area contributed by atoms with E-state index in [1.165, 1.54) is 5.56 Å². The van der Waals surface area contributed by atoms with E-state index in [-0.39, 0.29) is 48.5 Å². The van der Waals surface area contributed by atoms with E-state index in [0.29, 0.717) is 42.3 Å². The SMILES string of the molecule is C=CCN(CC=C)[C@@H]1c2onc(OCc3ccccc3)c2C(=O)[C@@]2(O[Si](C)(C)C(C)(C)C)C(=O)C3=C(O)c4c(OCc5ccccc5)cc([C@@H]5CCCN5Cc5ccccc5)c(OC)c4C[C@H]3C[C@@H]12. The minimum atomic E-state index is -3.01. The van der Waals surface area contributed by atoms with E-state index < -0.39 is 48.4 Å². The predicted molar refractivity (Wildman–Crippen MR) is 270 cm³/mol. The molecule has 5 aromatic rings. The number of ether oxygens (including phenoxy) is 3. The van der Waals surface area contributed by atoms with E-state index >= 15 is 9.59 Å². The van der Waals surface area contributed by atoms with Crippen molar-refractivity contribution in [2.24, 2.45) is 11.8 Å². The number of rotatable bonds is 17. The minimum absolute atomic E-state index is 0.00515. The van der Waals surface area contributed by atoms with Gasteiger partial charge in [0, 0.05) is 48.3 Å². The smallest absolute Gasteiger partial charge is 0.265 e. The molecule has 0 spiro atoms. The lowest BCUT2D eigenvalue weighted by atomic mass is 9.57. The minimum Gasteiger partial charge on any atom is -0.507 e. The summed E-state index contributed by atoms with van der Waals surface area (Å²) in [5.74, 6) is -1.27. The average Bonchev–Trinajstić information content (AvgIpc) is 3.98. The van der Waals surface area contributed by atoms with Crippen molar-refractivity contribution in [3.05, 3.63) is 173 Å². The molecule has 0 unspecified atom stereocenters. The molecule has 0 radical (unpaired) electrons. The Kier molecular flexibility index (Phi) is 13.5. The molecule has 1 aliphatic heterocycles. The number of likely N-dealkylation sites (tertiary alicyclic amines) is 1. The first-order chi connectivity index (χ1) is 33.2. The van der Waals surface area contributed by atoms with Crippen molar-refractivity contribution in [1.82, 2.24) is 15.0 Å². The van der Waals surface area contributed by atoms with Crippen LogP contribution in [-0.4, -0.2) is 72.3 Å². The molecule has 0 amide bonds. The number of aliphatic hydroxyl groups is 1. The number of aliphatic hydroxyl groups excluding tert-OH is 1. The van der Waals surface area contributed by atoms with Crippen LogP contribution in [0.2, 0.25) is 18.1 Å². The Morgan fingerprint density at radius 3 is 2.09 bits per heavy atom. The largest absolute Gasteiger partial charge is 0.507 e. The Hall–Kier alpha value is -6.05. The van der Waals surface area contributed by atoms with Gasteiger partial charge < -0.3 is 28.3 Å². The van der Waals surface area contributed by atoms with Gasteiger partial charge >= 0.3 is 0 Å². The van der Waals surface area contributed by atoms with Gasteiger partial charge in [-0.25, -0.2) is 0 Å². The first kappa shape index (κ1) is 48.0. The van der Waals surface area contributed by atoms with Gasteiger partial charge in [-0.15, -0.1) is 13.2 Å². The van der Waals surface area contributed by atoms with Crippen LogP contribution in [0.15, 0.2) is 132 Å². The number of ketones is 2. The van der Waals surface area contributed by atoms with Crippen LogP contribution in [0.4, 0.5) is 0 Å². The molecule has 4 aromatic carbocycles. The zero-order valence-electron chi connectivity index (χ0n) is 40.8. The quantitative estimate of drug-likeness (QED) is 0.0544. The van der Waals surface area contributed by atoms with E-state index in [0.717, 1.165) is 48.2 Å². The third kappa shape index (κ3) is 8.70. The number of carbonyl (C=O) groups is 2. The van der Waals surface area contributed by atoms with Crippen LogP contribution < -0.4 is 14.2 Å². The highest BCUT2D eigenvalue weighted by atomic mass is 28.4. The van der Waals surface area contributed by atoms with Crippen LogP contribution in [0.25, 0.3) is 5.76 Å². The van der Waals surface area contributed by atoms with Crippen molar-refractivity contribution in [1.29, 1.82) is 0 Å². The number of hydrogen-bond acceptors (Lipinski definition) is 11. The number of fused-ring (bicyclic) bond motifs is 4. The van der Waals surface area contributed by atoms with Crippen molar-refractivity contribution in [3.63, 3.8) is 0 Å². The Morgan fingerprint density at radius 2 is 1.49 bits per heavy atom. The first-order valence-corrected chi connectivity index (χ1v) is 27.2. The summed E-state index contributed by atoms with van der Waals surface area (Å²) in [6, 6.07) is 31.3. The molecule has 1 N–H and O–H groups in total. The highest BCUT2D eigenvalue weighted by Gasteiger charge is 2.69. The average molecular weight is 948 g/mol. The third-order valence-corrected chi connectivity index (χ3v) is 19.7. The van der Waals surface area contributed by atoms with Crippen molar-refractivity contribution < 1.29 is 37.9 Å². The third-order valence-electron chi connectivity index (χ3n) is 15.2. The van der Waals surface area contributed by atoms with Crippen LogP contribution >= 0.6 is 0 Å². The molecule has 4 aliphatic rings. The molecule has 3 aliphatic carbocycles. The first-order valence-electron chi connectivity index (χ1n) is 24.3. The molecule has 1 saturated carbocycles. The maximum Gasteiger partial charge on any atom is 0.265 e. The lowest BCUT2D eigenvalue weighted by Gasteiger charge is -2.55. The summed E-state index contributed by atoms with van der Waals surface area (Å²) in [5.41, 5.74) is 3.32. The summed E-state index contributed by atoms with van der Waals surface area (Å²) in [6.45, 7) is 21.4. The highest BCUT2D eigenvalue weighted by Crippen LogP contribution is 2.60. The molecular formula is C57H65N3O8Si. The number of methoxy groups -OCH3 is 1. The van der Waals surface area contributed by atoms with Gasteiger partial charge in [-0.3, -0.25) is 19.4 Å². The predicted octanol–water partition coefficient (Wildman–Crippen LogP) is 11.6. The van der Waals surface area contributed by atoms with Gasteiger partial charge in [-0.05, 0) is 84.2 Å². The summed E-state index contributed by atoms with van der Waals surface area (Å²) in [7, 11) is -1.33. The van der Waals surface area contributed by atoms with Crippen LogP contribution in [0.1, 0.15) is 102 Å². The Bertz CT molecular complexity index is 2740. The second-order valence-electron chi connectivity index (χ2n) is 20.5. The van der Waals surface area contributed by atoms with Gasteiger partial charge in [-0.1, -0.05) is 124 Å². The van der Waals surface area contributed by atoms with Crippen molar-refractivity contribution in [2.75, 3.05) is 26.7 Å². The van der Waals surface area contributed by atoms with Crippen molar-refractivity contribution in [2.45, 2.75) is 102 Å². The van der Waals surface area contributed by atoms with Gasteiger partial charge in [0.1, 0.15) is 36.0 Å². The van der Waals surface area contributed by atoms with Crippen molar-refractivity contribution in [3.8, 4) is 17.4 Å². The fraction of sp³-hybridized carbons (Fsp3) is 0.386.